The van der Waals surface area contributed by atoms with E-state index in [1.807, 2.05) is 31.2 Å². The largest absolute Gasteiger partial charge is 0.351 e. The summed E-state index contributed by atoms with van der Waals surface area (Å²) in [4.78, 5) is 13.5. The van der Waals surface area contributed by atoms with E-state index in [0.29, 0.717) is 30.1 Å². The second-order valence-electron chi connectivity index (χ2n) is 5.95. The summed E-state index contributed by atoms with van der Waals surface area (Å²) in [6.45, 7) is 2.62. The number of carbonyl (C=O) groups is 1. The zero-order valence-electron chi connectivity index (χ0n) is 13.7. The van der Waals surface area contributed by atoms with Crippen LogP contribution in [0.25, 0.3) is 0 Å². The molecule has 3 rings (SSSR count). The maximum Gasteiger partial charge on any atom is 0.253 e. The van der Waals surface area contributed by atoms with Gasteiger partial charge in [0, 0.05) is 22.4 Å². The highest BCUT2D eigenvalue weighted by molar-refractivity contribution is 9.10. The number of amides is 1. The van der Waals surface area contributed by atoms with Gasteiger partial charge in [-0.3, -0.25) is 4.79 Å². The van der Waals surface area contributed by atoms with Crippen LogP contribution >= 0.6 is 27.3 Å². The highest BCUT2D eigenvalue weighted by Gasteiger charge is 2.39. The Hall–Kier alpha value is -1.22. The minimum Gasteiger partial charge on any atom is -0.351 e. The molecular formula is C17H19BrN2O3S2. The first kappa shape index (κ1) is 18.6. The summed E-state index contributed by atoms with van der Waals surface area (Å²) >= 11 is 4.69. The van der Waals surface area contributed by atoms with Crippen molar-refractivity contribution in [3.8, 4) is 0 Å². The summed E-state index contributed by atoms with van der Waals surface area (Å²) in [7, 11) is -3.62. The van der Waals surface area contributed by atoms with Gasteiger partial charge in [-0.05, 0) is 43.5 Å². The van der Waals surface area contributed by atoms with Gasteiger partial charge in [-0.15, -0.1) is 11.3 Å². The van der Waals surface area contributed by atoms with E-state index in [1.165, 1.54) is 15.6 Å². The van der Waals surface area contributed by atoms with Crippen LogP contribution in [-0.2, 0) is 21.4 Å². The lowest BCUT2D eigenvalue weighted by Gasteiger charge is -2.22. The highest BCUT2D eigenvalue weighted by atomic mass is 79.9. The van der Waals surface area contributed by atoms with E-state index < -0.39 is 16.1 Å². The van der Waals surface area contributed by atoms with Gasteiger partial charge >= 0.3 is 0 Å². The summed E-state index contributed by atoms with van der Waals surface area (Å²) in [5.74, 6) is -0.245. The van der Waals surface area contributed by atoms with Gasteiger partial charge in [0.05, 0.1) is 0 Å². The topological polar surface area (TPSA) is 66.5 Å². The van der Waals surface area contributed by atoms with Gasteiger partial charge in [0.15, 0.2) is 0 Å². The maximum absolute atomic E-state index is 12.8. The molecule has 1 aromatic carbocycles. The maximum atomic E-state index is 12.8. The molecule has 1 aliphatic heterocycles. The molecule has 1 atom stereocenters. The molecule has 1 fully saturated rings. The minimum absolute atomic E-state index is 0.245. The lowest BCUT2D eigenvalue weighted by atomic mass is 10.2. The standard InChI is InChI=1S/C17H19BrN2O3S2/c1-12-8-9-16(24-12)25(22,23)20-10-4-7-15(20)17(21)19-11-13-5-2-3-6-14(13)18/h2-3,5-6,8-9,15H,4,7,10-11H2,1H3,(H,19,21). The molecule has 0 radical (unpaired) electrons. The molecule has 25 heavy (non-hydrogen) atoms. The van der Waals surface area contributed by atoms with Gasteiger partial charge in [-0.25, -0.2) is 8.42 Å². The summed E-state index contributed by atoms with van der Waals surface area (Å²) in [6.07, 6.45) is 1.24. The molecule has 1 aromatic heterocycles. The monoisotopic (exact) mass is 442 g/mol. The second-order valence-corrected chi connectivity index (χ2v) is 10.2. The molecule has 1 N–H and O–H groups in total. The van der Waals surface area contributed by atoms with Crippen molar-refractivity contribution in [2.45, 2.75) is 36.6 Å². The van der Waals surface area contributed by atoms with E-state index in [9.17, 15) is 13.2 Å². The number of aryl methyl sites for hydroxylation is 1. The fourth-order valence-corrected chi connectivity index (χ4v) is 6.39. The highest BCUT2D eigenvalue weighted by Crippen LogP contribution is 2.30. The Morgan fingerprint density at radius 3 is 2.76 bits per heavy atom. The molecule has 2 aromatic rings. The number of hydrogen-bond acceptors (Lipinski definition) is 4. The molecule has 1 aliphatic rings. The molecule has 1 amide bonds. The van der Waals surface area contributed by atoms with Crippen LogP contribution in [0.2, 0.25) is 0 Å². The fraction of sp³-hybridized carbons (Fsp3) is 0.353. The lowest BCUT2D eigenvalue weighted by molar-refractivity contribution is -0.124. The predicted molar refractivity (Wildman–Crippen MR) is 102 cm³/mol. The number of nitrogens with zero attached hydrogens (tertiary/aromatic N) is 1. The number of halogens is 1. The van der Waals surface area contributed by atoms with Crippen LogP contribution in [0.4, 0.5) is 0 Å². The number of rotatable bonds is 5. The molecular weight excluding hydrogens is 424 g/mol. The van der Waals surface area contributed by atoms with Crippen molar-refractivity contribution in [1.29, 1.82) is 0 Å². The lowest BCUT2D eigenvalue weighted by Crippen LogP contribution is -2.45. The molecule has 1 saturated heterocycles. The number of carbonyl (C=O) groups excluding carboxylic acids is 1. The van der Waals surface area contributed by atoms with Crippen LogP contribution in [0.1, 0.15) is 23.3 Å². The molecule has 0 spiro atoms. The predicted octanol–water partition coefficient (Wildman–Crippen LogP) is 3.29. The zero-order chi connectivity index (χ0) is 18.0. The molecule has 8 heteroatoms. The molecule has 134 valence electrons. The number of thiophene rings is 1. The van der Waals surface area contributed by atoms with E-state index in [-0.39, 0.29) is 5.91 Å². The smallest absolute Gasteiger partial charge is 0.253 e. The van der Waals surface area contributed by atoms with Gasteiger partial charge in [-0.2, -0.15) is 4.31 Å². The van der Waals surface area contributed by atoms with Crippen molar-refractivity contribution in [2.75, 3.05) is 6.54 Å². The van der Waals surface area contributed by atoms with E-state index in [4.69, 9.17) is 0 Å². The Labute approximate surface area is 160 Å². The summed E-state index contributed by atoms with van der Waals surface area (Å²) in [6, 6.07) is 10.4. The van der Waals surface area contributed by atoms with Crippen molar-refractivity contribution in [3.63, 3.8) is 0 Å². The Morgan fingerprint density at radius 2 is 2.08 bits per heavy atom. The van der Waals surface area contributed by atoms with Crippen molar-refractivity contribution in [2.24, 2.45) is 0 Å². The Bertz CT molecular complexity index is 880. The average molecular weight is 443 g/mol. The van der Waals surface area contributed by atoms with E-state index in [0.717, 1.165) is 14.9 Å². The summed E-state index contributed by atoms with van der Waals surface area (Å²) in [5, 5.41) is 2.87. The molecule has 0 bridgehead atoms. The first-order chi connectivity index (χ1) is 11.9. The van der Waals surface area contributed by atoms with Crippen LogP contribution in [0.5, 0.6) is 0 Å². The van der Waals surface area contributed by atoms with Crippen LogP contribution in [0.15, 0.2) is 45.1 Å². The van der Waals surface area contributed by atoms with Gasteiger partial charge in [0.2, 0.25) is 5.91 Å². The van der Waals surface area contributed by atoms with Crippen LogP contribution < -0.4 is 5.32 Å². The quantitative estimate of drug-likeness (QED) is 0.772. The van der Waals surface area contributed by atoms with Crippen LogP contribution in [-0.4, -0.2) is 31.2 Å². The summed E-state index contributed by atoms with van der Waals surface area (Å²) < 4.78 is 28.2. The number of benzene rings is 1. The Balaban J connectivity index is 1.73. The molecule has 1 unspecified atom stereocenters. The minimum atomic E-state index is -3.62. The molecule has 5 nitrogen and oxygen atoms in total. The molecule has 0 aliphatic carbocycles. The van der Waals surface area contributed by atoms with Crippen molar-refractivity contribution < 1.29 is 13.2 Å². The molecule has 0 saturated carbocycles. The number of nitrogens with one attached hydrogen (secondary N) is 1. The molecule has 2 heterocycles. The number of sulfonamides is 1. The van der Waals surface area contributed by atoms with Crippen LogP contribution in [0.3, 0.4) is 0 Å². The zero-order valence-corrected chi connectivity index (χ0v) is 17.0. The normalized spacial score (nSPS) is 18.4. The fourth-order valence-electron chi connectivity index (χ4n) is 2.90. The van der Waals surface area contributed by atoms with Crippen molar-refractivity contribution in [3.05, 3.63) is 51.3 Å². The van der Waals surface area contributed by atoms with Gasteiger partial charge in [0.25, 0.3) is 10.0 Å². The van der Waals surface area contributed by atoms with Crippen molar-refractivity contribution in [1.82, 2.24) is 9.62 Å². The first-order valence-corrected chi connectivity index (χ1v) is 11.0. The van der Waals surface area contributed by atoms with Gasteiger partial charge in [-0.1, -0.05) is 34.1 Å². The average Bonchev–Trinajstić information content (AvgIpc) is 3.23. The van der Waals surface area contributed by atoms with Crippen LogP contribution in [0, 0.1) is 6.92 Å². The van der Waals surface area contributed by atoms with Gasteiger partial charge < -0.3 is 5.32 Å². The third-order valence-corrected chi connectivity index (χ3v) is 8.35. The Kier molecular flexibility index (Phi) is 5.62. The summed E-state index contributed by atoms with van der Waals surface area (Å²) in [5.41, 5.74) is 0.956. The third kappa shape index (κ3) is 3.97. The van der Waals surface area contributed by atoms with Crippen molar-refractivity contribution >= 4 is 43.2 Å². The first-order valence-electron chi connectivity index (χ1n) is 7.99. The third-order valence-electron chi connectivity index (χ3n) is 4.20. The number of hydrogen-bond donors (Lipinski definition) is 1. The Morgan fingerprint density at radius 1 is 1.32 bits per heavy atom. The SMILES string of the molecule is Cc1ccc(S(=O)(=O)N2CCCC2C(=O)NCc2ccccc2Br)s1. The van der Waals surface area contributed by atoms with E-state index in [1.54, 1.807) is 12.1 Å². The second kappa shape index (κ2) is 7.57. The van der Waals surface area contributed by atoms with Gasteiger partial charge in [0.1, 0.15) is 10.3 Å². The van der Waals surface area contributed by atoms with E-state index in [2.05, 4.69) is 21.2 Å². The van der Waals surface area contributed by atoms with E-state index >= 15 is 0 Å².